The number of hydrogen-bond acceptors (Lipinski definition) is 4. The third-order valence-electron chi connectivity index (χ3n) is 5.53. The maximum Gasteiger partial charge on any atom is 0.255 e. The van der Waals surface area contributed by atoms with Crippen molar-refractivity contribution in [2.45, 2.75) is 25.7 Å². The molecule has 31 heavy (non-hydrogen) atoms. The second-order valence-corrected chi connectivity index (χ2v) is 7.79. The Hall–Kier alpha value is -3.62. The van der Waals surface area contributed by atoms with E-state index in [1.807, 2.05) is 35.9 Å². The molecule has 4 aromatic heterocycles. The molecule has 0 bridgehead atoms. The summed E-state index contributed by atoms with van der Waals surface area (Å²) in [5, 5.41) is 0.791. The summed E-state index contributed by atoms with van der Waals surface area (Å²) < 4.78 is 28.6. The van der Waals surface area contributed by atoms with E-state index in [2.05, 4.69) is 19.9 Å². The number of imidazole rings is 1. The maximum absolute atomic E-state index is 13.4. The fraction of sp³-hybridized carbons (Fsp3) is 0.273. The molecule has 1 N–H and O–H groups in total. The minimum absolute atomic E-state index is 0.0537. The number of nitrogens with one attached hydrogen (secondary N) is 1. The van der Waals surface area contributed by atoms with Gasteiger partial charge < -0.3 is 9.88 Å². The Labute approximate surface area is 176 Å². The number of alkyl halides is 2. The highest BCUT2D eigenvalue weighted by Gasteiger charge is 2.35. The van der Waals surface area contributed by atoms with E-state index in [0.717, 1.165) is 22.5 Å². The van der Waals surface area contributed by atoms with Gasteiger partial charge in [-0.05, 0) is 31.2 Å². The summed E-state index contributed by atoms with van der Waals surface area (Å²) in [6, 6.07) is 7.42. The van der Waals surface area contributed by atoms with Gasteiger partial charge in [0.15, 0.2) is 5.82 Å². The number of amides is 1. The number of pyridine rings is 2. The molecule has 4 aromatic rings. The first-order valence-corrected chi connectivity index (χ1v) is 10.0. The number of aromatic amines is 1. The van der Waals surface area contributed by atoms with Gasteiger partial charge >= 0.3 is 0 Å². The van der Waals surface area contributed by atoms with Gasteiger partial charge in [0, 0.05) is 55.6 Å². The van der Waals surface area contributed by atoms with E-state index in [4.69, 9.17) is 0 Å². The Balaban J connectivity index is 1.39. The quantitative estimate of drug-likeness (QED) is 0.541. The largest absolute Gasteiger partial charge is 0.341 e. The van der Waals surface area contributed by atoms with Crippen molar-refractivity contribution in [3.8, 4) is 17.2 Å². The molecule has 9 heteroatoms. The smallest absolute Gasteiger partial charge is 0.255 e. The molecule has 7 nitrogen and oxygen atoms in total. The lowest BCUT2D eigenvalue weighted by atomic mass is 10.1. The molecule has 1 saturated heterocycles. The van der Waals surface area contributed by atoms with Gasteiger partial charge in [0.1, 0.15) is 11.3 Å². The Bertz CT molecular complexity index is 1250. The topological polar surface area (TPSA) is 79.7 Å². The summed E-state index contributed by atoms with van der Waals surface area (Å²) in [5.41, 5.74) is 3.61. The predicted octanol–water partition coefficient (Wildman–Crippen LogP) is 3.99. The number of rotatable bonds is 3. The zero-order valence-corrected chi connectivity index (χ0v) is 16.8. The molecule has 0 aromatic carbocycles. The van der Waals surface area contributed by atoms with Crippen LogP contribution in [0.15, 0.2) is 49.1 Å². The van der Waals surface area contributed by atoms with E-state index in [9.17, 15) is 13.6 Å². The van der Waals surface area contributed by atoms with E-state index in [-0.39, 0.29) is 31.8 Å². The van der Waals surface area contributed by atoms with Gasteiger partial charge in [0.2, 0.25) is 0 Å². The fourth-order valence-electron chi connectivity index (χ4n) is 3.78. The number of aryl methyl sites for hydroxylation is 1. The average molecular weight is 422 g/mol. The van der Waals surface area contributed by atoms with Crippen molar-refractivity contribution in [2.24, 2.45) is 0 Å². The summed E-state index contributed by atoms with van der Waals surface area (Å²) in [6.07, 6.45) is 6.25. The zero-order chi connectivity index (χ0) is 21.6. The van der Waals surface area contributed by atoms with Gasteiger partial charge in [0.05, 0.1) is 17.4 Å². The Morgan fingerprint density at radius 3 is 2.55 bits per heavy atom. The van der Waals surface area contributed by atoms with Crippen LogP contribution in [0.4, 0.5) is 8.78 Å². The number of nitrogens with zero attached hydrogens (tertiary/aromatic N) is 5. The summed E-state index contributed by atoms with van der Waals surface area (Å²) in [6.45, 7) is 2.04. The highest BCUT2D eigenvalue weighted by molar-refractivity contribution is 5.97. The first kappa shape index (κ1) is 19.3. The van der Waals surface area contributed by atoms with E-state index in [1.165, 1.54) is 11.1 Å². The number of likely N-dealkylation sites (tertiary alicyclic amines) is 1. The van der Waals surface area contributed by atoms with Crippen molar-refractivity contribution in [1.29, 1.82) is 0 Å². The molecule has 0 atom stereocenters. The van der Waals surface area contributed by atoms with Crippen LogP contribution in [0.3, 0.4) is 0 Å². The predicted molar refractivity (Wildman–Crippen MR) is 111 cm³/mol. The second-order valence-electron chi connectivity index (χ2n) is 7.79. The molecule has 5 heterocycles. The molecule has 5 rings (SSSR count). The average Bonchev–Trinajstić information content (AvgIpc) is 3.39. The molecule has 158 valence electrons. The Morgan fingerprint density at radius 1 is 1.06 bits per heavy atom. The second kappa shape index (κ2) is 7.26. The summed E-state index contributed by atoms with van der Waals surface area (Å²) in [7, 11) is 0. The monoisotopic (exact) mass is 422 g/mol. The summed E-state index contributed by atoms with van der Waals surface area (Å²) in [4.78, 5) is 30.6. The molecule has 0 radical (unpaired) electrons. The maximum atomic E-state index is 13.4. The number of carbonyl (C=O) groups excluding carboxylic acids is 1. The van der Waals surface area contributed by atoms with Gasteiger partial charge in [0.25, 0.3) is 11.8 Å². The molecule has 0 aliphatic carbocycles. The van der Waals surface area contributed by atoms with Crippen molar-refractivity contribution < 1.29 is 13.6 Å². The number of carbonyl (C=O) groups is 1. The van der Waals surface area contributed by atoms with Crippen LogP contribution in [-0.4, -0.2) is 54.3 Å². The highest BCUT2D eigenvalue weighted by Crippen LogP contribution is 2.29. The lowest BCUT2D eigenvalue weighted by Gasteiger charge is -2.31. The lowest BCUT2D eigenvalue weighted by molar-refractivity contribution is -0.0494. The number of piperidine rings is 1. The van der Waals surface area contributed by atoms with E-state index >= 15 is 0 Å². The number of aromatic nitrogens is 5. The lowest BCUT2D eigenvalue weighted by Crippen LogP contribution is -2.42. The van der Waals surface area contributed by atoms with Crippen LogP contribution in [0, 0.1) is 6.92 Å². The van der Waals surface area contributed by atoms with Crippen LogP contribution in [-0.2, 0) is 0 Å². The molecular formula is C22H20F2N6O. The SMILES string of the molecule is Cc1cnc(-c2ccc(-n3ccc4cc(C(=O)N5CCC(F)(F)CC5)cnc43)cn2)[nH]1. The van der Waals surface area contributed by atoms with Gasteiger partial charge in [-0.25, -0.2) is 18.7 Å². The Morgan fingerprint density at radius 2 is 1.87 bits per heavy atom. The van der Waals surface area contributed by atoms with Gasteiger partial charge in [-0.15, -0.1) is 0 Å². The molecule has 0 unspecified atom stereocenters. The molecule has 0 spiro atoms. The van der Waals surface area contributed by atoms with Gasteiger partial charge in [-0.2, -0.15) is 0 Å². The van der Waals surface area contributed by atoms with Crippen LogP contribution in [0.25, 0.3) is 28.2 Å². The highest BCUT2D eigenvalue weighted by atomic mass is 19.3. The molecule has 1 fully saturated rings. The molecule has 0 saturated carbocycles. The van der Waals surface area contributed by atoms with Crippen LogP contribution in [0.5, 0.6) is 0 Å². The van der Waals surface area contributed by atoms with Crippen molar-refractivity contribution in [3.05, 3.63) is 60.3 Å². The summed E-state index contributed by atoms with van der Waals surface area (Å²) >= 11 is 0. The third-order valence-corrected chi connectivity index (χ3v) is 5.53. The number of hydrogen-bond donors (Lipinski definition) is 1. The minimum atomic E-state index is -2.68. The van der Waals surface area contributed by atoms with Gasteiger partial charge in [-0.1, -0.05) is 0 Å². The summed E-state index contributed by atoms with van der Waals surface area (Å²) in [5.74, 6) is -2.24. The van der Waals surface area contributed by atoms with Gasteiger partial charge in [-0.3, -0.25) is 14.3 Å². The van der Waals surface area contributed by atoms with Crippen molar-refractivity contribution in [2.75, 3.05) is 13.1 Å². The van der Waals surface area contributed by atoms with Crippen molar-refractivity contribution in [1.82, 2.24) is 29.4 Å². The third kappa shape index (κ3) is 3.67. The molecule has 1 amide bonds. The number of halogens is 2. The standard InChI is InChI=1S/C22H20F2N6O/c1-14-11-26-19(28-14)18-3-2-17(13-25-18)30-7-4-15-10-16(12-27-20(15)30)21(31)29-8-5-22(23,24)6-9-29/h2-4,7,10-13H,5-6,8-9H2,1H3,(H,26,28). The number of fused-ring (bicyclic) bond motifs is 1. The van der Waals surface area contributed by atoms with E-state index < -0.39 is 5.92 Å². The van der Waals surface area contributed by atoms with E-state index in [1.54, 1.807) is 18.5 Å². The first-order chi connectivity index (χ1) is 14.9. The fourth-order valence-corrected chi connectivity index (χ4v) is 3.78. The van der Waals surface area contributed by atoms with E-state index in [0.29, 0.717) is 17.0 Å². The minimum Gasteiger partial charge on any atom is -0.341 e. The Kier molecular flexibility index (Phi) is 4.53. The molecule has 1 aliphatic rings. The first-order valence-electron chi connectivity index (χ1n) is 10.0. The van der Waals surface area contributed by atoms with Crippen LogP contribution < -0.4 is 0 Å². The van der Waals surface area contributed by atoms with Crippen LogP contribution in [0.2, 0.25) is 0 Å². The van der Waals surface area contributed by atoms with Crippen LogP contribution in [0.1, 0.15) is 28.9 Å². The van der Waals surface area contributed by atoms with Crippen LogP contribution >= 0.6 is 0 Å². The molecular weight excluding hydrogens is 402 g/mol. The zero-order valence-electron chi connectivity index (χ0n) is 16.8. The number of H-pyrrole nitrogens is 1. The van der Waals surface area contributed by atoms with Crippen molar-refractivity contribution >= 4 is 16.9 Å². The van der Waals surface area contributed by atoms with Crippen molar-refractivity contribution in [3.63, 3.8) is 0 Å². The normalized spacial score (nSPS) is 16.0. The molecule has 1 aliphatic heterocycles.